The molecule has 3 aromatic rings. The second-order valence-electron chi connectivity index (χ2n) is 6.78. The van der Waals surface area contributed by atoms with Gasteiger partial charge in [-0.15, -0.1) is 0 Å². The van der Waals surface area contributed by atoms with Crippen molar-refractivity contribution in [1.82, 2.24) is 10.3 Å². The van der Waals surface area contributed by atoms with E-state index in [1.165, 1.54) is 0 Å². The summed E-state index contributed by atoms with van der Waals surface area (Å²) in [6, 6.07) is 13.8. The average Bonchev–Trinajstić information content (AvgIpc) is 3.04. The molecule has 2 N–H and O–H groups in total. The summed E-state index contributed by atoms with van der Waals surface area (Å²) in [5.74, 6) is -0.0844. The van der Waals surface area contributed by atoms with Crippen molar-refractivity contribution in [3.8, 4) is 0 Å². The number of nitrogens with one attached hydrogen (secondary N) is 2. The van der Waals surface area contributed by atoms with E-state index in [9.17, 15) is 9.59 Å². The number of para-hydroxylation sites is 1. The summed E-state index contributed by atoms with van der Waals surface area (Å²) in [6.07, 6.45) is 2.19. The second-order valence-corrected chi connectivity index (χ2v) is 6.78. The van der Waals surface area contributed by atoms with Gasteiger partial charge in [-0.2, -0.15) is 0 Å². The molecule has 0 aliphatic heterocycles. The first kappa shape index (κ1) is 18.7. The predicted octanol–water partition coefficient (Wildman–Crippen LogP) is 3.50. The van der Waals surface area contributed by atoms with Gasteiger partial charge in [-0.05, 0) is 42.7 Å². The van der Waals surface area contributed by atoms with Gasteiger partial charge in [0.1, 0.15) is 0 Å². The van der Waals surface area contributed by atoms with Gasteiger partial charge < -0.3 is 15.2 Å². The fraction of sp³-hybridized carbons (Fsp3) is 0.273. The summed E-state index contributed by atoms with van der Waals surface area (Å²) in [5, 5.41) is 3.99. The van der Waals surface area contributed by atoms with Crippen molar-refractivity contribution in [2.75, 3.05) is 18.0 Å². The molecule has 5 nitrogen and oxygen atoms in total. The van der Waals surface area contributed by atoms with Crippen LogP contribution in [0.3, 0.4) is 0 Å². The lowest BCUT2D eigenvalue weighted by molar-refractivity contribution is -0.121. The topological polar surface area (TPSA) is 65.2 Å². The normalized spacial score (nSPS) is 10.8. The molecule has 0 atom stereocenters. The minimum Gasteiger partial charge on any atom is -0.361 e. The number of aryl methyl sites for hydroxylation is 1. The van der Waals surface area contributed by atoms with Crippen molar-refractivity contribution in [1.29, 1.82) is 0 Å². The van der Waals surface area contributed by atoms with E-state index >= 15 is 0 Å². The Morgan fingerprint density at radius 3 is 2.63 bits per heavy atom. The lowest BCUT2D eigenvalue weighted by atomic mass is 10.1. The number of aromatic amines is 1. The highest BCUT2D eigenvalue weighted by Crippen LogP contribution is 2.22. The molecule has 0 saturated heterocycles. The highest BCUT2D eigenvalue weighted by Gasteiger charge is 2.15. The summed E-state index contributed by atoms with van der Waals surface area (Å²) in [5.41, 5.74) is 5.12. The Morgan fingerprint density at radius 1 is 1.07 bits per heavy atom. The van der Waals surface area contributed by atoms with Crippen molar-refractivity contribution in [2.24, 2.45) is 0 Å². The molecule has 140 valence electrons. The number of hydrogen-bond donors (Lipinski definition) is 2. The molecular formula is C22H25N3O2. The van der Waals surface area contributed by atoms with Crippen LogP contribution < -0.4 is 10.2 Å². The zero-order chi connectivity index (χ0) is 19.4. The summed E-state index contributed by atoms with van der Waals surface area (Å²) in [6.45, 7) is 6.44. The highest BCUT2D eigenvalue weighted by atomic mass is 16.2. The van der Waals surface area contributed by atoms with Gasteiger partial charge >= 0.3 is 0 Å². The summed E-state index contributed by atoms with van der Waals surface area (Å²) < 4.78 is 0. The molecule has 0 unspecified atom stereocenters. The maximum atomic E-state index is 12.3. The quantitative estimate of drug-likeness (QED) is 0.704. The number of rotatable bonds is 6. The Hall–Kier alpha value is -3.08. The van der Waals surface area contributed by atoms with Crippen molar-refractivity contribution in [2.45, 2.75) is 27.2 Å². The third-order valence-corrected chi connectivity index (χ3v) is 4.93. The van der Waals surface area contributed by atoms with Gasteiger partial charge in [0.2, 0.25) is 11.8 Å². The van der Waals surface area contributed by atoms with Gasteiger partial charge in [-0.1, -0.05) is 30.3 Å². The van der Waals surface area contributed by atoms with Crippen LogP contribution in [0.4, 0.5) is 5.69 Å². The Bertz CT molecular complexity index is 975. The van der Waals surface area contributed by atoms with Gasteiger partial charge in [-0.25, -0.2) is 0 Å². The zero-order valence-corrected chi connectivity index (χ0v) is 16.0. The molecule has 1 heterocycles. The first-order valence-corrected chi connectivity index (χ1v) is 9.13. The highest BCUT2D eigenvalue weighted by molar-refractivity contribution is 5.93. The fourth-order valence-electron chi connectivity index (χ4n) is 3.30. The Kier molecular flexibility index (Phi) is 5.60. The molecule has 27 heavy (non-hydrogen) atoms. The number of carbonyl (C=O) groups excluding carboxylic acids is 2. The fourth-order valence-corrected chi connectivity index (χ4v) is 3.30. The number of aromatic nitrogens is 1. The Labute approximate surface area is 159 Å². The SMILES string of the molecule is CC(=O)N(CCNC(=O)Cc1c[nH]c2ccccc12)c1cccc(C)c1C. The molecule has 0 fully saturated rings. The van der Waals surface area contributed by atoms with Crippen LogP contribution in [0.25, 0.3) is 10.9 Å². The number of hydrogen-bond acceptors (Lipinski definition) is 2. The summed E-state index contributed by atoms with van der Waals surface area (Å²) in [4.78, 5) is 29.3. The molecular weight excluding hydrogens is 338 g/mol. The van der Waals surface area contributed by atoms with Gasteiger partial charge in [-0.3, -0.25) is 9.59 Å². The van der Waals surface area contributed by atoms with Crippen LogP contribution in [0.2, 0.25) is 0 Å². The summed E-state index contributed by atoms with van der Waals surface area (Å²) >= 11 is 0. The van der Waals surface area contributed by atoms with Gasteiger partial charge in [0.15, 0.2) is 0 Å². The van der Waals surface area contributed by atoms with Crippen LogP contribution in [-0.4, -0.2) is 29.9 Å². The maximum absolute atomic E-state index is 12.3. The lowest BCUT2D eigenvalue weighted by Crippen LogP contribution is -2.38. The van der Waals surface area contributed by atoms with E-state index in [0.717, 1.165) is 33.3 Å². The molecule has 5 heteroatoms. The number of fused-ring (bicyclic) bond motifs is 1. The predicted molar refractivity (Wildman–Crippen MR) is 109 cm³/mol. The Balaban J connectivity index is 1.61. The maximum Gasteiger partial charge on any atom is 0.224 e. The van der Waals surface area contributed by atoms with E-state index in [-0.39, 0.29) is 11.8 Å². The number of benzene rings is 2. The molecule has 2 amide bonds. The van der Waals surface area contributed by atoms with Gasteiger partial charge in [0.25, 0.3) is 0 Å². The molecule has 1 aromatic heterocycles. The zero-order valence-electron chi connectivity index (χ0n) is 16.0. The van der Waals surface area contributed by atoms with E-state index in [0.29, 0.717) is 19.5 Å². The second kappa shape index (κ2) is 8.08. The largest absolute Gasteiger partial charge is 0.361 e. The van der Waals surface area contributed by atoms with Crippen LogP contribution >= 0.6 is 0 Å². The van der Waals surface area contributed by atoms with Crippen LogP contribution in [0.1, 0.15) is 23.6 Å². The Morgan fingerprint density at radius 2 is 1.85 bits per heavy atom. The van der Waals surface area contributed by atoms with Crippen molar-refractivity contribution >= 4 is 28.4 Å². The molecule has 0 saturated carbocycles. The minimum atomic E-state index is -0.0516. The third kappa shape index (κ3) is 4.19. The number of carbonyl (C=O) groups is 2. The van der Waals surface area contributed by atoms with Gasteiger partial charge in [0.05, 0.1) is 6.42 Å². The van der Waals surface area contributed by atoms with E-state index in [1.807, 2.05) is 62.5 Å². The molecule has 2 aromatic carbocycles. The smallest absolute Gasteiger partial charge is 0.224 e. The van der Waals surface area contributed by atoms with E-state index in [1.54, 1.807) is 11.8 Å². The van der Waals surface area contributed by atoms with Crippen LogP contribution in [0, 0.1) is 13.8 Å². The third-order valence-electron chi connectivity index (χ3n) is 4.93. The molecule has 3 rings (SSSR count). The van der Waals surface area contributed by atoms with Crippen molar-refractivity contribution in [3.05, 3.63) is 65.4 Å². The van der Waals surface area contributed by atoms with Crippen LogP contribution in [0.15, 0.2) is 48.7 Å². The van der Waals surface area contributed by atoms with E-state index < -0.39 is 0 Å². The number of amides is 2. The standard InChI is InChI=1S/C22H25N3O2/c1-15-7-6-10-21(16(15)2)25(17(3)26)12-11-23-22(27)13-18-14-24-20-9-5-4-8-19(18)20/h4-10,14,24H,11-13H2,1-3H3,(H,23,27). The van der Waals surface area contributed by atoms with Crippen LogP contribution in [-0.2, 0) is 16.0 Å². The molecule has 0 aliphatic carbocycles. The molecule has 0 aliphatic rings. The van der Waals surface area contributed by atoms with E-state index in [2.05, 4.69) is 10.3 Å². The number of H-pyrrole nitrogens is 1. The monoisotopic (exact) mass is 363 g/mol. The van der Waals surface area contributed by atoms with Gasteiger partial charge in [0, 0.05) is 42.8 Å². The number of nitrogens with zero attached hydrogens (tertiary/aromatic N) is 1. The average molecular weight is 363 g/mol. The molecule has 0 radical (unpaired) electrons. The summed E-state index contributed by atoms with van der Waals surface area (Å²) in [7, 11) is 0. The minimum absolute atomic E-state index is 0.0328. The van der Waals surface area contributed by atoms with Crippen molar-refractivity contribution < 1.29 is 9.59 Å². The van der Waals surface area contributed by atoms with E-state index in [4.69, 9.17) is 0 Å². The first-order chi connectivity index (χ1) is 13.0. The van der Waals surface area contributed by atoms with Crippen LogP contribution in [0.5, 0.6) is 0 Å². The number of anilines is 1. The van der Waals surface area contributed by atoms with Crippen molar-refractivity contribution in [3.63, 3.8) is 0 Å². The lowest BCUT2D eigenvalue weighted by Gasteiger charge is -2.24. The molecule has 0 spiro atoms. The molecule has 0 bridgehead atoms. The first-order valence-electron chi connectivity index (χ1n) is 9.13.